The predicted octanol–water partition coefficient (Wildman–Crippen LogP) is 5.30. The summed E-state index contributed by atoms with van der Waals surface area (Å²) in [5.41, 5.74) is 2.32. The Hall–Kier alpha value is -2.65. The second-order valence-electron chi connectivity index (χ2n) is 7.87. The van der Waals surface area contributed by atoms with Crippen LogP contribution in [-0.4, -0.2) is 34.6 Å². The second-order valence-corrected chi connectivity index (χ2v) is 8.24. The van der Waals surface area contributed by atoms with Crippen molar-refractivity contribution in [3.63, 3.8) is 0 Å². The summed E-state index contributed by atoms with van der Waals surface area (Å²) in [6.45, 7) is 3.18. The molecule has 5 nitrogen and oxygen atoms in total. The van der Waals surface area contributed by atoms with Crippen LogP contribution < -0.4 is 5.32 Å². The first-order chi connectivity index (χ1) is 14.7. The monoisotopic (exact) mass is 449 g/mol. The number of oxime groups is 1. The maximum Gasteiger partial charge on any atom is 0.416 e. The fraction of sp³-hybridized carbons (Fsp3) is 0.364. The molecule has 0 saturated carbocycles. The Morgan fingerprint density at radius 1 is 1.16 bits per heavy atom. The van der Waals surface area contributed by atoms with Gasteiger partial charge in [0.05, 0.1) is 11.3 Å². The quantitative estimate of drug-likeness (QED) is 0.645. The minimum Gasteiger partial charge on any atom is -0.388 e. The van der Waals surface area contributed by atoms with Crippen LogP contribution in [0.15, 0.2) is 53.7 Å². The van der Waals surface area contributed by atoms with Crippen LogP contribution in [0, 0.1) is 6.92 Å². The SMILES string of the molecule is Cc1ccc(C2=NOC3(CCN(OC(=S)Nc4cccc(C(F)(F)F)c4)CC3)C2)cc1. The molecule has 0 aromatic heterocycles. The standard InChI is InChI=1S/C22H22F3N3O2S/c1-15-5-7-16(8-6-15)19-14-21(30-27-19)9-11-28(12-10-21)29-20(31)26-18-4-2-3-17(13-18)22(23,24)25/h2-8,13H,9-12,14H2,1H3,(H,26,31). The van der Waals surface area contributed by atoms with E-state index in [2.05, 4.69) is 22.6 Å². The van der Waals surface area contributed by atoms with Gasteiger partial charge < -0.3 is 15.0 Å². The highest BCUT2D eigenvalue weighted by Gasteiger charge is 2.43. The molecule has 31 heavy (non-hydrogen) atoms. The number of aryl methyl sites for hydroxylation is 1. The molecule has 2 aliphatic rings. The number of anilines is 1. The largest absolute Gasteiger partial charge is 0.416 e. The Labute approximate surface area is 183 Å². The molecule has 1 fully saturated rings. The van der Waals surface area contributed by atoms with Crippen molar-refractivity contribution in [2.45, 2.75) is 38.0 Å². The smallest absolute Gasteiger partial charge is 0.388 e. The summed E-state index contributed by atoms with van der Waals surface area (Å²) in [6.07, 6.45) is -2.27. The number of alkyl halides is 3. The lowest BCUT2D eigenvalue weighted by molar-refractivity contribution is -0.143. The van der Waals surface area contributed by atoms with E-state index in [1.807, 2.05) is 19.1 Å². The van der Waals surface area contributed by atoms with Crippen LogP contribution in [0.25, 0.3) is 0 Å². The fourth-order valence-electron chi connectivity index (χ4n) is 3.71. The third kappa shape index (κ3) is 5.16. The van der Waals surface area contributed by atoms with Gasteiger partial charge in [-0.2, -0.15) is 13.2 Å². The molecule has 2 aromatic carbocycles. The number of benzene rings is 2. The normalized spacial score (nSPS) is 18.4. The highest BCUT2D eigenvalue weighted by molar-refractivity contribution is 7.80. The molecular formula is C22H22F3N3O2S. The molecular weight excluding hydrogens is 427 g/mol. The van der Waals surface area contributed by atoms with E-state index in [9.17, 15) is 13.2 Å². The topological polar surface area (TPSA) is 46.1 Å². The summed E-state index contributed by atoms with van der Waals surface area (Å²) in [6, 6.07) is 13.0. The molecule has 0 bridgehead atoms. The van der Waals surface area contributed by atoms with Gasteiger partial charge in [-0.05, 0) is 42.9 Å². The van der Waals surface area contributed by atoms with Crippen molar-refractivity contribution >= 4 is 28.8 Å². The van der Waals surface area contributed by atoms with Crippen molar-refractivity contribution in [2.75, 3.05) is 18.4 Å². The Morgan fingerprint density at radius 3 is 2.55 bits per heavy atom. The summed E-state index contributed by atoms with van der Waals surface area (Å²) in [5, 5.41) is 8.71. The molecule has 0 aliphatic carbocycles. The summed E-state index contributed by atoms with van der Waals surface area (Å²) in [5.74, 6) is 0. The summed E-state index contributed by atoms with van der Waals surface area (Å²) in [7, 11) is 0. The molecule has 0 radical (unpaired) electrons. The van der Waals surface area contributed by atoms with Gasteiger partial charge in [0.1, 0.15) is 5.60 Å². The fourth-order valence-corrected chi connectivity index (χ4v) is 3.93. The molecule has 2 aromatic rings. The van der Waals surface area contributed by atoms with Crippen molar-refractivity contribution < 1.29 is 22.8 Å². The van der Waals surface area contributed by atoms with Gasteiger partial charge in [0.25, 0.3) is 5.17 Å². The molecule has 0 amide bonds. The third-order valence-electron chi connectivity index (χ3n) is 5.51. The number of thiocarbonyl (C=S) groups is 1. The van der Waals surface area contributed by atoms with Gasteiger partial charge in [-0.1, -0.05) is 41.1 Å². The molecule has 1 saturated heterocycles. The molecule has 1 spiro atoms. The molecule has 1 N–H and O–H groups in total. The molecule has 2 heterocycles. The molecule has 0 unspecified atom stereocenters. The first kappa shape index (κ1) is 21.6. The molecule has 9 heteroatoms. The van der Waals surface area contributed by atoms with Gasteiger partial charge in [0.2, 0.25) is 0 Å². The van der Waals surface area contributed by atoms with Gasteiger partial charge in [0.15, 0.2) is 0 Å². The van der Waals surface area contributed by atoms with Gasteiger partial charge in [-0.15, -0.1) is 5.06 Å². The lowest BCUT2D eigenvalue weighted by Crippen LogP contribution is -2.45. The van der Waals surface area contributed by atoms with Crippen molar-refractivity contribution in [2.24, 2.45) is 5.16 Å². The minimum atomic E-state index is -4.41. The number of piperidine rings is 1. The van der Waals surface area contributed by atoms with E-state index in [0.717, 1.165) is 29.8 Å². The zero-order valence-electron chi connectivity index (χ0n) is 16.9. The number of halogens is 3. The zero-order valence-corrected chi connectivity index (χ0v) is 17.7. The Bertz CT molecular complexity index is 984. The number of hydrogen-bond donors (Lipinski definition) is 1. The lowest BCUT2D eigenvalue weighted by atomic mass is 9.86. The molecule has 0 atom stereocenters. The van der Waals surface area contributed by atoms with Gasteiger partial charge >= 0.3 is 6.18 Å². The van der Waals surface area contributed by atoms with Gasteiger partial charge in [0, 0.05) is 38.0 Å². The first-order valence-electron chi connectivity index (χ1n) is 9.96. The lowest BCUT2D eigenvalue weighted by Gasteiger charge is -2.36. The highest BCUT2D eigenvalue weighted by Crippen LogP contribution is 2.36. The minimum absolute atomic E-state index is 0.000732. The number of hydrogen-bond acceptors (Lipinski definition) is 5. The van der Waals surface area contributed by atoms with E-state index < -0.39 is 11.7 Å². The Kier molecular flexibility index (Phi) is 5.90. The molecule has 4 rings (SSSR count). The predicted molar refractivity (Wildman–Crippen MR) is 116 cm³/mol. The summed E-state index contributed by atoms with van der Waals surface area (Å²) < 4.78 is 38.6. The van der Waals surface area contributed by atoms with Crippen LogP contribution in [-0.2, 0) is 15.9 Å². The highest BCUT2D eigenvalue weighted by atomic mass is 32.1. The van der Waals surface area contributed by atoms with Crippen molar-refractivity contribution in [3.05, 3.63) is 65.2 Å². The van der Waals surface area contributed by atoms with Gasteiger partial charge in [-0.3, -0.25) is 0 Å². The van der Waals surface area contributed by atoms with Crippen LogP contribution in [0.5, 0.6) is 0 Å². The third-order valence-corrected chi connectivity index (χ3v) is 5.68. The average molecular weight is 449 g/mol. The van der Waals surface area contributed by atoms with Crippen LogP contribution in [0.3, 0.4) is 0 Å². The van der Waals surface area contributed by atoms with Crippen molar-refractivity contribution in [1.29, 1.82) is 0 Å². The maximum atomic E-state index is 12.9. The van der Waals surface area contributed by atoms with Crippen LogP contribution in [0.1, 0.15) is 36.0 Å². The maximum absolute atomic E-state index is 12.9. The van der Waals surface area contributed by atoms with E-state index in [-0.39, 0.29) is 16.5 Å². The molecule has 2 aliphatic heterocycles. The Morgan fingerprint density at radius 2 is 1.87 bits per heavy atom. The number of nitrogens with one attached hydrogen (secondary N) is 1. The van der Waals surface area contributed by atoms with E-state index in [1.54, 1.807) is 5.06 Å². The Balaban J connectivity index is 1.28. The van der Waals surface area contributed by atoms with Crippen molar-refractivity contribution in [3.8, 4) is 0 Å². The second kappa shape index (κ2) is 8.47. The van der Waals surface area contributed by atoms with E-state index >= 15 is 0 Å². The molecule has 164 valence electrons. The van der Waals surface area contributed by atoms with Gasteiger partial charge in [-0.25, -0.2) is 0 Å². The zero-order chi connectivity index (χ0) is 22.1. The number of rotatable bonds is 3. The summed E-state index contributed by atoms with van der Waals surface area (Å²) in [4.78, 5) is 11.5. The van der Waals surface area contributed by atoms with E-state index in [0.29, 0.717) is 25.9 Å². The first-order valence-corrected chi connectivity index (χ1v) is 10.4. The average Bonchev–Trinajstić information content (AvgIpc) is 3.14. The van der Waals surface area contributed by atoms with E-state index in [1.165, 1.54) is 17.7 Å². The van der Waals surface area contributed by atoms with Crippen LogP contribution in [0.2, 0.25) is 0 Å². The number of hydroxylamine groups is 2. The van der Waals surface area contributed by atoms with Crippen LogP contribution in [0.4, 0.5) is 18.9 Å². The van der Waals surface area contributed by atoms with E-state index in [4.69, 9.17) is 21.9 Å². The summed E-state index contributed by atoms with van der Waals surface area (Å²) >= 11 is 5.16. The van der Waals surface area contributed by atoms with Crippen LogP contribution >= 0.6 is 12.2 Å². The number of nitrogens with zero attached hydrogens (tertiary/aromatic N) is 2. The van der Waals surface area contributed by atoms with Crippen molar-refractivity contribution in [1.82, 2.24) is 5.06 Å².